The Morgan fingerprint density at radius 3 is 2.21 bits per heavy atom. The first-order valence-electron chi connectivity index (χ1n) is 8.51. The Morgan fingerprint density at radius 2 is 1.42 bits per heavy atom. The minimum Gasteiger partial charge on any atom is -0.507 e. The highest BCUT2D eigenvalue weighted by Gasteiger charge is 2.15. The van der Waals surface area contributed by atoms with E-state index in [2.05, 4.69) is 73.7 Å². The molecular weight excluding hydrogens is 292 g/mol. The Morgan fingerprint density at radius 1 is 0.750 bits per heavy atom. The summed E-state index contributed by atoms with van der Waals surface area (Å²) in [7, 11) is 0. The minimum absolute atomic E-state index is 0.423. The summed E-state index contributed by atoms with van der Waals surface area (Å²) >= 11 is 0. The maximum absolute atomic E-state index is 11.0. The van der Waals surface area contributed by atoms with E-state index in [1.54, 1.807) is 0 Å². The van der Waals surface area contributed by atoms with Crippen molar-refractivity contribution in [1.29, 1.82) is 0 Å². The summed E-state index contributed by atoms with van der Waals surface area (Å²) in [5.41, 5.74) is 3.08. The van der Waals surface area contributed by atoms with Gasteiger partial charge in [-0.25, -0.2) is 0 Å². The number of rotatable bonds is 3. The van der Waals surface area contributed by atoms with Gasteiger partial charge in [-0.15, -0.1) is 0 Å². The van der Waals surface area contributed by atoms with Crippen molar-refractivity contribution in [3.05, 3.63) is 78.4 Å². The van der Waals surface area contributed by atoms with Gasteiger partial charge in [-0.1, -0.05) is 80.1 Å². The summed E-state index contributed by atoms with van der Waals surface area (Å²) in [6, 6.07) is 25.1. The zero-order valence-corrected chi connectivity index (χ0v) is 13.8. The van der Waals surface area contributed by atoms with Crippen molar-refractivity contribution >= 4 is 21.5 Å². The van der Waals surface area contributed by atoms with Crippen LogP contribution in [0.1, 0.15) is 18.9 Å². The molecule has 1 heteroatoms. The third-order valence-electron chi connectivity index (χ3n) is 4.68. The van der Waals surface area contributed by atoms with E-state index in [0.717, 1.165) is 34.9 Å². The fraction of sp³-hybridized carbons (Fsp3) is 0.130. The lowest BCUT2D eigenvalue weighted by molar-refractivity contribution is 0.470. The van der Waals surface area contributed by atoms with Crippen LogP contribution in [0.5, 0.6) is 5.75 Å². The van der Waals surface area contributed by atoms with Gasteiger partial charge in [0.1, 0.15) is 5.75 Å². The van der Waals surface area contributed by atoms with Gasteiger partial charge in [0.05, 0.1) is 0 Å². The van der Waals surface area contributed by atoms with Gasteiger partial charge in [0.15, 0.2) is 0 Å². The standard InChI is InChI=1S/C23H20O/c1-2-8-18-15-17-10-4-6-13-20(17)22(23(18)24)21-14-7-11-16-9-3-5-12-19(16)21/h3-7,9-15,24H,2,8H2,1H3. The summed E-state index contributed by atoms with van der Waals surface area (Å²) < 4.78 is 0. The topological polar surface area (TPSA) is 20.2 Å². The van der Waals surface area contributed by atoms with E-state index < -0.39 is 0 Å². The molecule has 0 aliphatic rings. The van der Waals surface area contributed by atoms with Gasteiger partial charge in [0.2, 0.25) is 0 Å². The molecule has 1 N–H and O–H groups in total. The number of phenolic OH excluding ortho intramolecular Hbond substituents is 1. The summed E-state index contributed by atoms with van der Waals surface area (Å²) in [4.78, 5) is 0. The number of aromatic hydroxyl groups is 1. The van der Waals surface area contributed by atoms with Crippen LogP contribution < -0.4 is 0 Å². The molecule has 0 atom stereocenters. The summed E-state index contributed by atoms with van der Waals surface area (Å²) in [6.07, 6.45) is 1.90. The van der Waals surface area contributed by atoms with Crippen LogP contribution in [0.2, 0.25) is 0 Å². The molecule has 0 spiro atoms. The van der Waals surface area contributed by atoms with Crippen LogP contribution in [-0.4, -0.2) is 5.11 Å². The zero-order chi connectivity index (χ0) is 16.5. The Bertz CT molecular complexity index is 1030. The highest BCUT2D eigenvalue weighted by molar-refractivity contribution is 6.08. The van der Waals surface area contributed by atoms with Gasteiger partial charge >= 0.3 is 0 Å². The van der Waals surface area contributed by atoms with E-state index in [-0.39, 0.29) is 0 Å². The molecule has 0 aliphatic heterocycles. The molecule has 0 unspecified atom stereocenters. The molecule has 4 aromatic rings. The predicted molar refractivity (Wildman–Crippen MR) is 103 cm³/mol. The molecule has 118 valence electrons. The summed E-state index contributed by atoms with van der Waals surface area (Å²) in [5.74, 6) is 0.423. The van der Waals surface area contributed by atoms with Crippen molar-refractivity contribution in [3.8, 4) is 16.9 Å². The lowest BCUT2D eigenvalue weighted by Crippen LogP contribution is -1.91. The van der Waals surface area contributed by atoms with Gasteiger partial charge in [-0.3, -0.25) is 0 Å². The Labute approximate surface area is 142 Å². The quantitative estimate of drug-likeness (QED) is 0.469. The third kappa shape index (κ3) is 2.33. The largest absolute Gasteiger partial charge is 0.507 e. The van der Waals surface area contributed by atoms with E-state index in [4.69, 9.17) is 0 Å². The second-order valence-corrected chi connectivity index (χ2v) is 6.26. The Balaban J connectivity index is 2.13. The Kier molecular flexibility index (Phi) is 3.70. The zero-order valence-electron chi connectivity index (χ0n) is 13.8. The van der Waals surface area contributed by atoms with Gasteiger partial charge in [0.25, 0.3) is 0 Å². The number of fused-ring (bicyclic) bond motifs is 2. The van der Waals surface area contributed by atoms with Crippen molar-refractivity contribution in [1.82, 2.24) is 0 Å². The van der Waals surface area contributed by atoms with Crippen LogP contribution in [0, 0.1) is 0 Å². The normalized spacial score (nSPS) is 11.2. The molecule has 0 fully saturated rings. The smallest absolute Gasteiger partial charge is 0.127 e. The molecule has 4 rings (SSSR count). The average molecular weight is 312 g/mol. The number of benzene rings is 4. The number of phenols is 1. The fourth-order valence-electron chi connectivity index (χ4n) is 3.57. The van der Waals surface area contributed by atoms with Crippen LogP contribution in [0.25, 0.3) is 32.7 Å². The first-order valence-corrected chi connectivity index (χ1v) is 8.51. The maximum atomic E-state index is 11.0. The number of hydrogen-bond donors (Lipinski definition) is 1. The molecule has 0 amide bonds. The molecule has 24 heavy (non-hydrogen) atoms. The highest BCUT2D eigenvalue weighted by Crippen LogP contribution is 2.42. The van der Waals surface area contributed by atoms with Crippen molar-refractivity contribution < 1.29 is 5.11 Å². The molecular formula is C23H20O. The van der Waals surface area contributed by atoms with Crippen LogP contribution in [0.4, 0.5) is 0 Å². The van der Waals surface area contributed by atoms with Crippen molar-refractivity contribution in [2.45, 2.75) is 19.8 Å². The van der Waals surface area contributed by atoms with Crippen LogP contribution in [0.15, 0.2) is 72.8 Å². The number of hydrogen-bond acceptors (Lipinski definition) is 1. The first-order chi connectivity index (χ1) is 11.8. The number of aryl methyl sites for hydroxylation is 1. The van der Waals surface area contributed by atoms with E-state index in [1.165, 1.54) is 16.2 Å². The van der Waals surface area contributed by atoms with Crippen LogP contribution >= 0.6 is 0 Å². The van der Waals surface area contributed by atoms with Gasteiger partial charge < -0.3 is 5.11 Å². The van der Waals surface area contributed by atoms with Gasteiger partial charge in [0, 0.05) is 5.56 Å². The monoisotopic (exact) mass is 312 g/mol. The minimum atomic E-state index is 0.423. The highest BCUT2D eigenvalue weighted by atomic mass is 16.3. The fourth-order valence-corrected chi connectivity index (χ4v) is 3.57. The third-order valence-corrected chi connectivity index (χ3v) is 4.68. The van der Waals surface area contributed by atoms with Gasteiger partial charge in [-0.2, -0.15) is 0 Å². The van der Waals surface area contributed by atoms with Crippen molar-refractivity contribution in [2.24, 2.45) is 0 Å². The van der Waals surface area contributed by atoms with E-state index >= 15 is 0 Å². The SMILES string of the molecule is CCCc1cc2ccccc2c(-c2cccc3ccccc23)c1O. The van der Waals surface area contributed by atoms with E-state index in [1.807, 2.05) is 6.07 Å². The van der Waals surface area contributed by atoms with Crippen LogP contribution in [-0.2, 0) is 6.42 Å². The molecule has 0 aliphatic carbocycles. The summed E-state index contributed by atoms with van der Waals surface area (Å²) in [6.45, 7) is 2.15. The lowest BCUT2D eigenvalue weighted by Gasteiger charge is -2.15. The molecule has 0 saturated heterocycles. The van der Waals surface area contributed by atoms with Crippen molar-refractivity contribution in [3.63, 3.8) is 0 Å². The first kappa shape index (κ1) is 14.8. The van der Waals surface area contributed by atoms with E-state index in [0.29, 0.717) is 5.75 Å². The molecule has 0 saturated carbocycles. The molecule has 0 heterocycles. The molecule has 0 bridgehead atoms. The molecule has 0 radical (unpaired) electrons. The second-order valence-electron chi connectivity index (χ2n) is 6.26. The van der Waals surface area contributed by atoms with Crippen molar-refractivity contribution in [2.75, 3.05) is 0 Å². The van der Waals surface area contributed by atoms with Crippen LogP contribution in [0.3, 0.4) is 0 Å². The molecule has 0 aromatic heterocycles. The average Bonchev–Trinajstić information content (AvgIpc) is 2.62. The van der Waals surface area contributed by atoms with E-state index in [9.17, 15) is 5.11 Å². The predicted octanol–water partition coefficient (Wildman–Crippen LogP) is 6.32. The maximum Gasteiger partial charge on any atom is 0.127 e. The molecule has 1 nitrogen and oxygen atoms in total. The lowest BCUT2D eigenvalue weighted by atomic mass is 9.90. The Hall–Kier alpha value is -2.80. The second kappa shape index (κ2) is 6.01. The summed E-state index contributed by atoms with van der Waals surface area (Å²) in [5, 5.41) is 15.7. The molecule has 4 aromatic carbocycles. The van der Waals surface area contributed by atoms with Gasteiger partial charge in [-0.05, 0) is 45.2 Å².